The number of likely N-dealkylation sites (tertiary alicyclic amines) is 1. The summed E-state index contributed by atoms with van der Waals surface area (Å²) in [6.45, 7) is 1.15. The van der Waals surface area contributed by atoms with Crippen molar-refractivity contribution in [3.63, 3.8) is 0 Å². The summed E-state index contributed by atoms with van der Waals surface area (Å²) in [6.07, 6.45) is 1.58. The fraction of sp³-hybridized carbons (Fsp3) is 0.500. The lowest BCUT2D eigenvalue weighted by Gasteiger charge is -2.30. The molecule has 0 aliphatic carbocycles. The number of ether oxygens (including phenoxy) is 2. The summed E-state index contributed by atoms with van der Waals surface area (Å²) in [5.41, 5.74) is 5.65. The van der Waals surface area contributed by atoms with Crippen LogP contribution in [0.2, 0.25) is 0 Å². The molecule has 1 aromatic rings. The monoisotopic (exact) mass is 309 g/mol. The van der Waals surface area contributed by atoms with E-state index in [9.17, 15) is 14.9 Å². The van der Waals surface area contributed by atoms with Crippen LogP contribution in [0, 0.1) is 10.1 Å². The third kappa shape index (κ3) is 3.85. The van der Waals surface area contributed by atoms with Crippen molar-refractivity contribution in [2.24, 2.45) is 5.73 Å². The fourth-order valence-electron chi connectivity index (χ4n) is 2.28. The molecule has 2 N–H and O–H groups in total. The number of carbonyl (C=O) groups is 1. The first-order chi connectivity index (χ1) is 10.5. The second-order valence-electron chi connectivity index (χ2n) is 5.10. The first kappa shape index (κ1) is 16.0. The number of nitrogens with two attached hydrogens (primary N) is 1. The van der Waals surface area contributed by atoms with Crippen LogP contribution in [0.1, 0.15) is 12.8 Å². The van der Waals surface area contributed by atoms with Crippen molar-refractivity contribution < 1.29 is 19.2 Å². The zero-order valence-electron chi connectivity index (χ0n) is 12.4. The standard InChI is InChI=1S/C14H19N3O5/c1-21-13-8-11(2-3-12(13)17(19)20)22-9-14(18)16-6-4-10(15)5-7-16/h2-3,8,10H,4-7,9,15H2,1H3. The maximum atomic E-state index is 12.0. The minimum atomic E-state index is -0.537. The molecule has 1 fully saturated rings. The highest BCUT2D eigenvalue weighted by molar-refractivity contribution is 5.77. The van der Waals surface area contributed by atoms with Gasteiger partial charge in [-0.2, -0.15) is 0 Å². The van der Waals surface area contributed by atoms with E-state index >= 15 is 0 Å². The lowest BCUT2D eigenvalue weighted by Crippen LogP contribution is -2.44. The number of methoxy groups -OCH3 is 1. The zero-order valence-corrected chi connectivity index (χ0v) is 12.4. The molecule has 1 heterocycles. The molecule has 0 spiro atoms. The van der Waals surface area contributed by atoms with Crippen LogP contribution in [0.25, 0.3) is 0 Å². The fourth-order valence-corrected chi connectivity index (χ4v) is 2.28. The van der Waals surface area contributed by atoms with Crippen molar-refractivity contribution >= 4 is 11.6 Å². The summed E-state index contributed by atoms with van der Waals surface area (Å²) >= 11 is 0. The summed E-state index contributed by atoms with van der Waals surface area (Å²) < 4.78 is 10.4. The quantitative estimate of drug-likeness (QED) is 0.640. The van der Waals surface area contributed by atoms with Gasteiger partial charge in [0.25, 0.3) is 5.91 Å². The highest BCUT2D eigenvalue weighted by Crippen LogP contribution is 2.30. The molecule has 0 unspecified atom stereocenters. The molecule has 1 aliphatic heterocycles. The van der Waals surface area contributed by atoms with Gasteiger partial charge in [-0.15, -0.1) is 0 Å². The second-order valence-corrected chi connectivity index (χ2v) is 5.10. The Morgan fingerprint density at radius 3 is 2.73 bits per heavy atom. The van der Waals surface area contributed by atoms with Crippen molar-refractivity contribution in [2.75, 3.05) is 26.8 Å². The Morgan fingerprint density at radius 1 is 1.45 bits per heavy atom. The smallest absolute Gasteiger partial charge is 0.311 e. The number of nitro groups is 1. The van der Waals surface area contributed by atoms with Gasteiger partial charge in [-0.05, 0) is 18.9 Å². The van der Waals surface area contributed by atoms with Crippen LogP contribution in [0.5, 0.6) is 11.5 Å². The summed E-state index contributed by atoms with van der Waals surface area (Å²) in [6, 6.07) is 4.29. The average Bonchev–Trinajstić information content (AvgIpc) is 2.52. The molecule has 1 saturated heterocycles. The Bertz CT molecular complexity index is 555. The molecule has 0 atom stereocenters. The summed E-state index contributed by atoms with van der Waals surface area (Å²) in [5.74, 6) is 0.327. The van der Waals surface area contributed by atoms with Gasteiger partial charge in [0.05, 0.1) is 12.0 Å². The maximum absolute atomic E-state index is 12.0. The summed E-state index contributed by atoms with van der Waals surface area (Å²) in [4.78, 5) is 24.0. The number of rotatable bonds is 5. The Balaban J connectivity index is 1.94. The Kier molecular flexibility index (Phi) is 5.16. The highest BCUT2D eigenvalue weighted by Gasteiger charge is 2.21. The van der Waals surface area contributed by atoms with Gasteiger partial charge >= 0.3 is 5.69 Å². The summed E-state index contributed by atoms with van der Waals surface area (Å²) in [7, 11) is 1.34. The average molecular weight is 309 g/mol. The number of nitrogens with zero attached hydrogens (tertiary/aromatic N) is 2. The van der Waals surface area contributed by atoms with Crippen LogP contribution in [0.4, 0.5) is 5.69 Å². The SMILES string of the molecule is COc1cc(OCC(=O)N2CCC(N)CC2)ccc1[N+](=O)[O-]. The van der Waals surface area contributed by atoms with E-state index in [-0.39, 0.29) is 30.0 Å². The Hall–Kier alpha value is -2.35. The predicted molar refractivity (Wildman–Crippen MR) is 78.9 cm³/mol. The van der Waals surface area contributed by atoms with Crippen molar-refractivity contribution in [1.29, 1.82) is 0 Å². The molecular weight excluding hydrogens is 290 g/mol. The molecule has 0 saturated carbocycles. The number of nitro benzene ring substituents is 1. The van der Waals surface area contributed by atoms with E-state index in [4.69, 9.17) is 15.2 Å². The van der Waals surface area contributed by atoms with Gasteiger partial charge in [0.1, 0.15) is 5.75 Å². The van der Waals surface area contributed by atoms with Crippen LogP contribution < -0.4 is 15.2 Å². The van der Waals surface area contributed by atoms with Gasteiger partial charge in [-0.1, -0.05) is 0 Å². The van der Waals surface area contributed by atoms with E-state index in [0.29, 0.717) is 18.8 Å². The molecule has 1 aromatic carbocycles. The number of hydrogen-bond donors (Lipinski definition) is 1. The van der Waals surface area contributed by atoms with E-state index in [2.05, 4.69) is 0 Å². The number of hydrogen-bond acceptors (Lipinski definition) is 6. The topological polar surface area (TPSA) is 108 Å². The first-order valence-corrected chi connectivity index (χ1v) is 7.00. The molecule has 0 radical (unpaired) electrons. The van der Waals surface area contributed by atoms with Crippen LogP contribution >= 0.6 is 0 Å². The molecule has 22 heavy (non-hydrogen) atoms. The lowest BCUT2D eigenvalue weighted by molar-refractivity contribution is -0.385. The molecule has 1 aliphatic rings. The third-order valence-corrected chi connectivity index (χ3v) is 3.60. The van der Waals surface area contributed by atoms with Crippen LogP contribution in [0.3, 0.4) is 0 Å². The lowest BCUT2D eigenvalue weighted by atomic mass is 10.1. The maximum Gasteiger partial charge on any atom is 0.311 e. The van der Waals surface area contributed by atoms with Crippen LogP contribution in [0.15, 0.2) is 18.2 Å². The van der Waals surface area contributed by atoms with Gasteiger partial charge in [0, 0.05) is 31.3 Å². The number of benzene rings is 1. The van der Waals surface area contributed by atoms with E-state index in [1.807, 2.05) is 0 Å². The molecule has 8 heteroatoms. The van der Waals surface area contributed by atoms with Gasteiger partial charge in [-0.25, -0.2) is 0 Å². The first-order valence-electron chi connectivity index (χ1n) is 7.00. The van der Waals surface area contributed by atoms with E-state index < -0.39 is 4.92 Å². The molecule has 0 aromatic heterocycles. The zero-order chi connectivity index (χ0) is 16.1. The summed E-state index contributed by atoms with van der Waals surface area (Å²) in [5, 5.41) is 10.8. The second kappa shape index (κ2) is 7.08. The number of carbonyl (C=O) groups excluding carboxylic acids is 1. The minimum absolute atomic E-state index is 0.0962. The van der Waals surface area contributed by atoms with Crippen molar-refractivity contribution in [2.45, 2.75) is 18.9 Å². The van der Waals surface area contributed by atoms with Gasteiger partial charge in [0.15, 0.2) is 6.61 Å². The number of amides is 1. The normalized spacial score (nSPS) is 15.5. The van der Waals surface area contributed by atoms with Crippen molar-refractivity contribution in [1.82, 2.24) is 4.90 Å². The minimum Gasteiger partial charge on any atom is -0.490 e. The van der Waals surface area contributed by atoms with Gasteiger partial charge in [-0.3, -0.25) is 14.9 Å². The van der Waals surface area contributed by atoms with E-state index in [1.165, 1.54) is 25.3 Å². The molecule has 1 amide bonds. The number of piperidine rings is 1. The largest absolute Gasteiger partial charge is 0.490 e. The van der Waals surface area contributed by atoms with Crippen LogP contribution in [-0.4, -0.2) is 48.6 Å². The van der Waals surface area contributed by atoms with Gasteiger partial charge < -0.3 is 20.1 Å². The molecular formula is C14H19N3O5. The van der Waals surface area contributed by atoms with Crippen LogP contribution in [-0.2, 0) is 4.79 Å². The predicted octanol–water partition coefficient (Wildman–Crippen LogP) is 0.932. The Morgan fingerprint density at radius 2 is 2.14 bits per heavy atom. The highest BCUT2D eigenvalue weighted by atomic mass is 16.6. The molecule has 120 valence electrons. The molecule has 8 nitrogen and oxygen atoms in total. The van der Waals surface area contributed by atoms with Crippen molar-refractivity contribution in [3.05, 3.63) is 28.3 Å². The van der Waals surface area contributed by atoms with Gasteiger partial charge in [0.2, 0.25) is 5.75 Å². The molecule has 0 bridgehead atoms. The van der Waals surface area contributed by atoms with E-state index in [1.54, 1.807) is 4.90 Å². The Labute approximate surface area is 127 Å². The van der Waals surface area contributed by atoms with E-state index in [0.717, 1.165) is 12.8 Å². The third-order valence-electron chi connectivity index (χ3n) is 3.60. The molecule has 2 rings (SSSR count). The van der Waals surface area contributed by atoms with Crippen molar-refractivity contribution in [3.8, 4) is 11.5 Å².